The van der Waals surface area contributed by atoms with Crippen LogP contribution in [0.25, 0.3) is 10.9 Å². The standard InChI is InChI=1S/C16H11FN4O/c1-22-12-4-5-13-15(7-12)19-9-20-16(13)21-11-3-2-10(8-18)14(17)6-11/h2-7,9H,1H3,(H,19,20,21). The van der Waals surface area contributed by atoms with Crippen LogP contribution >= 0.6 is 0 Å². The number of nitrogens with one attached hydrogen (secondary N) is 1. The fraction of sp³-hybridized carbons (Fsp3) is 0.0625. The Morgan fingerprint density at radius 3 is 2.77 bits per heavy atom. The maximum absolute atomic E-state index is 13.7. The van der Waals surface area contributed by atoms with Gasteiger partial charge in [0.25, 0.3) is 0 Å². The van der Waals surface area contributed by atoms with Crippen molar-refractivity contribution >= 4 is 22.4 Å². The van der Waals surface area contributed by atoms with Gasteiger partial charge in [0.1, 0.15) is 29.8 Å². The lowest BCUT2D eigenvalue weighted by Crippen LogP contribution is -1.97. The molecule has 0 unspecified atom stereocenters. The molecule has 0 spiro atoms. The summed E-state index contributed by atoms with van der Waals surface area (Å²) >= 11 is 0. The molecule has 3 aromatic rings. The van der Waals surface area contributed by atoms with E-state index < -0.39 is 5.82 Å². The summed E-state index contributed by atoms with van der Waals surface area (Å²) in [5.74, 6) is 0.672. The third-order valence-corrected chi connectivity index (χ3v) is 3.20. The van der Waals surface area contributed by atoms with Gasteiger partial charge in [-0.1, -0.05) is 0 Å². The number of nitrogens with zero attached hydrogens (tertiary/aromatic N) is 3. The molecule has 0 saturated carbocycles. The van der Waals surface area contributed by atoms with E-state index in [4.69, 9.17) is 10.00 Å². The van der Waals surface area contributed by atoms with Crippen molar-refractivity contribution in [1.82, 2.24) is 9.97 Å². The van der Waals surface area contributed by atoms with E-state index in [0.717, 1.165) is 5.39 Å². The van der Waals surface area contributed by atoms with Gasteiger partial charge < -0.3 is 10.1 Å². The first-order valence-electron chi connectivity index (χ1n) is 6.46. The molecule has 0 bridgehead atoms. The van der Waals surface area contributed by atoms with Crippen molar-refractivity contribution in [3.63, 3.8) is 0 Å². The first kappa shape index (κ1) is 13.8. The maximum atomic E-state index is 13.7. The zero-order valence-corrected chi connectivity index (χ0v) is 11.7. The van der Waals surface area contributed by atoms with Crippen molar-refractivity contribution in [2.75, 3.05) is 12.4 Å². The lowest BCUT2D eigenvalue weighted by Gasteiger charge is -2.09. The lowest BCUT2D eigenvalue weighted by atomic mass is 10.2. The van der Waals surface area contributed by atoms with Gasteiger partial charge in [0.05, 0.1) is 18.2 Å². The van der Waals surface area contributed by atoms with Crippen molar-refractivity contribution in [2.45, 2.75) is 0 Å². The van der Waals surface area contributed by atoms with E-state index in [9.17, 15) is 4.39 Å². The van der Waals surface area contributed by atoms with Crippen molar-refractivity contribution in [3.8, 4) is 11.8 Å². The average molecular weight is 294 g/mol. The molecular weight excluding hydrogens is 283 g/mol. The highest BCUT2D eigenvalue weighted by Gasteiger charge is 2.07. The van der Waals surface area contributed by atoms with Gasteiger partial charge in [0, 0.05) is 17.1 Å². The van der Waals surface area contributed by atoms with Gasteiger partial charge >= 0.3 is 0 Å². The number of nitriles is 1. The van der Waals surface area contributed by atoms with E-state index in [0.29, 0.717) is 22.8 Å². The summed E-state index contributed by atoms with van der Waals surface area (Å²) in [4.78, 5) is 8.37. The van der Waals surface area contributed by atoms with Crippen LogP contribution in [0, 0.1) is 17.1 Å². The van der Waals surface area contributed by atoms with E-state index in [1.54, 1.807) is 31.4 Å². The lowest BCUT2D eigenvalue weighted by molar-refractivity contribution is 0.415. The minimum absolute atomic E-state index is 0.00262. The summed E-state index contributed by atoms with van der Waals surface area (Å²) < 4.78 is 18.8. The minimum atomic E-state index is -0.576. The van der Waals surface area contributed by atoms with Crippen LogP contribution in [0.1, 0.15) is 5.56 Å². The molecule has 2 aromatic carbocycles. The molecule has 0 aliphatic heterocycles. The van der Waals surface area contributed by atoms with Gasteiger partial charge in [-0.3, -0.25) is 0 Å². The van der Waals surface area contributed by atoms with E-state index in [2.05, 4.69) is 15.3 Å². The summed E-state index contributed by atoms with van der Waals surface area (Å²) in [5, 5.41) is 12.6. The highest BCUT2D eigenvalue weighted by molar-refractivity contribution is 5.91. The first-order chi connectivity index (χ1) is 10.7. The smallest absolute Gasteiger partial charge is 0.143 e. The Labute approximate surface area is 126 Å². The Morgan fingerprint density at radius 2 is 2.05 bits per heavy atom. The predicted octanol–water partition coefficient (Wildman–Crippen LogP) is 3.39. The van der Waals surface area contributed by atoms with Crippen LogP contribution < -0.4 is 10.1 Å². The SMILES string of the molecule is COc1ccc2c(Nc3ccc(C#N)c(F)c3)ncnc2c1. The number of hydrogen-bond donors (Lipinski definition) is 1. The van der Waals surface area contributed by atoms with Gasteiger partial charge in [0.2, 0.25) is 0 Å². The minimum Gasteiger partial charge on any atom is -0.497 e. The molecule has 5 nitrogen and oxygen atoms in total. The first-order valence-corrected chi connectivity index (χ1v) is 6.46. The molecule has 0 fully saturated rings. The van der Waals surface area contributed by atoms with Gasteiger partial charge in [-0.25, -0.2) is 14.4 Å². The molecule has 22 heavy (non-hydrogen) atoms. The topological polar surface area (TPSA) is 70.8 Å². The summed E-state index contributed by atoms with van der Waals surface area (Å²) in [6.07, 6.45) is 1.42. The zero-order valence-electron chi connectivity index (χ0n) is 11.7. The second-order valence-corrected chi connectivity index (χ2v) is 4.54. The number of halogens is 1. The average Bonchev–Trinajstić information content (AvgIpc) is 2.55. The molecular formula is C16H11FN4O. The zero-order chi connectivity index (χ0) is 15.5. The summed E-state index contributed by atoms with van der Waals surface area (Å²) in [5.41, 5.74) is 1.22. The van der Waals surface area contributed by atoms with Crippen molar-refractivity contribution < 1.29 is 9.13 Å². The van der Waals surface area contributed by atoms with Crippen LogP contribution in [0.4, 0.5) is 15.9 Å². The van der Waals surface area contributed by atoms with Gasteiger partial charge in [-0.15, -0.1) is 0 Å². The number of benzene rings is 2. The second kappa shape index (κ2) is 5.66. The van der Waals surface area contributed by atoms with Crippen molar-refractivity contribution in [3.05, 3.63) is 54.1 Å². The Balaban J connectivity index is 2.00. The second-order valence-electron chi connectivity index (χ2n) is 4.54. The third kappa shape index (κ3) is 2.52. The quantitative estimate of drug-likeness (QED) is 0.801. The maximum Gasteiger partial charge on any atom is 0.143 e. The number of ether oxygens (including phenoxy) is 1. The molecule has 6 heteroatoms. The third-order valence-electron chi connectivity index (χ3n) is 3.20. The van der Waals surface area contributed by atoms with Gasteiger partial charge in [0.15, 0.2) is 0 Å². The molecule has 1 N–H and O–H groups in total. The van der Waals surface area contributed by atoms with Crippen LogP contribution in [0.5, 0.6) is 5.75 Å². The number of rotatable bonds is 3. The van der Waals surface area contributed by atoms with Gasteiger partial charge in [-0.2, -0.15) is 5.26 Å². The molecule has 0 saturated heterocycles. The molecule has 1 heterocycles. The normalized spacial score (nSPS) is 10.2. The molecule has 3 rings (SSSR count). The highest BCUT2D eigenvalue weighted by atomic mass is 19.1. The Kier molecular flexibility index (Phi) is 3.54. The van der Waals surface area contributed by atoms with Crippen LogP contribution in [0.2, 0.25) is 0 Å². The number of hydrogen-bond acceptors (Lipinski definition) is 5. The molecule has 0 aliphatic carbocycles. The largest absolute Gasteiger partial charge is 0.497 e. The fourth-order valence-corrected chi connectivity index (χ4v) is 2.08. The van der Waals surface area contributed by atoms with E-state index in [-0.39, 0.29) is 5.56 Å². The predicted molar refractivity (Wildman–Crippen MR) is 80.5 cm³/mol. The number of aromatic nitrogens is 2. The summed E-state index contributed by atoms with van der Waals surface area (Å²) in [6, 6.07) is 11.5. The molecule has 0 radical (unpaired) electrons. The van der Waals surface area contributed by atoms with Crippen LogP contribution in [0.15, 0.2) is 42.7 Å². The van der Waals surface area contributed by atoms with Gasteiger partial charge in [-0.05, 0) is 30.3 Å². The molecule has 0 aliphatic rings. The Morgan fingerprint density at radius 1 is 1.18 bits per heavy atom. The number of anilines is 2. The molecule has 0 atom stereocenters. The Bertz CT molecular complexity index is 889. The molecule has 108 valence electrons. The fourth-order valence-electron chi connectivity index (χ4n) is 2.08. The van der Waals surface area contributed by atoms with Crippen LogP contribution in [-0.2, 0) is 0 Å². The number of methoxy groups -OCH3 is 1. The molecule has 1 aromatic heterocycles. The van der Waals surface area contributed by atoms with Crippen molar-refractivity contribution in [1.29, 1.82) is 5.26 Å². The van der Waals surface area contributed by atoms with Crippen molar-refractivity contribution in [2.24, 2.45) is 0 Å². The molecule has 0 amide bonds. The van der Waals surface area contributed by atoms with E-state index in [1.165, 1.54) is 18.5 Å². The summed E-state index contributed by atoms with van der Waals surface area (Å²) in [7, 11) is 1.58. The van der Waals surface area contributed by atoms with Crippen LogP contribution in [0.3, 0.4) is 0 Å². The number of fused-ring (bicyclic) bond motifs is 1. The summed E-state index contributed by atoms with van der Waals surface area (Å²) in [6.45, 7) is 0. The van der Waals surface area contributed by atoms with Crippen LogP contribution in [-0.4, -0.2) is 17.1 Å². The monoisotopic (exact) mass is 294 g/mol. The van der Waals surface area contributed by atoms with E-state index >= 15 is 0 Å². The highest BCUT2D eigenvalue weighted by Crippen LogP contribution is 2.26. The van der Waals surface area contributed by atoms with E-state index in [1.807, 2.05) is 6.07 Å². The Hall–Kier alpha value is -3.20.